The molecule has 3 rings (SSSR count). The van der Waals surface area contributed by atoms with Gasteiger partial charge in [-0.3, -0.25) is 0 Å². The number of nitrogens with one attached hydrogen (secondary N) is 2. The van der Waals surface area contributed by atoms with Crippen LogP contribution < -0.4 is 10.6 Å². The number of benzene rings is 2. The van der Waals surface area contributed by atoms with Crippen LogP contribution >= 0.6 is 0 Å². The van der Waals surface area contributed by atoms with Crippen molar-refractivity contribution < 1.29 is 0 Å². The highest BCUT2D eigenvalue weighted by molar-refractivity contribution is 5.46. The molecule has 2 nitrogen and oxygen atoms in total. The second kappa shape index (κ2) is 7.46. The third-order valence-corrected chi connectivity index (χ3v) is 4.46. The minimum absolute atomic E-state index is 0.384. The van der Waals surface area contributed by atoms with Gasteiger partial charge in [-0.1, -0.05) is 36.4 Å². The third-order valence-electron chi connectivity index (χ3n) is 4.46. The topological polar surface area (TPSA) is 24.1 Å². The van der Waals surface area contributed by atoms with E-state index in [1.54, 1.807) is 0 Å². The van der Waals surface area contributed by atoms with Crippen LogP contribution in [0.25, 0.3) is 0 Å². The molecule has 0 saturated carbocycles. The first-order valence-corrected chi connectivity index (χ1v) is 8.46. The Morgan fingerprint density at radius 1 is 0.864 bits per heavy atom. The summed E-state index contributed by atoms with van der Waals surface area (Å²) in [4.78, 5) is 0. The molecule has 0 fully saturated rings. The highest BCUT2D eigenvalue weighted by Gasteiger charge is 2.06. The molecule has 2 aromatic carbocycles. The minimum Gasteiger partial charge on any atom is -0.385 e. The lowest BCUT2D eigenvalue weighted by atomic mass is 10.0. The zero-order valence-corrected chi connectivity index (χ0v) is 13.4. The van der Waals surface area contributed by atoms with Crippen molar-refractivity contribution in [2.45, 2.75) is 38.6 Å². The van der Waals surface area contributed by atoms with E-state index in [4.69, 9.17) is 0 Å². The van der Waals surface area contributed by atoms with E-state index in [-0.39, 0.29) is 0 Å². The molecule has 1 aliphatic heterocycles. The fraction of sp³-hybridized carbons (Fsp3) is 0.400. The molecule has 1 atom stereocenters. The summed E-state index contributed by atoms with van der Waals surface area (Å²) in [6.45, 7) is 4.31. The molecule has 116 valence electrons. The van der Waals surface area contributed by atoms with E-state index in [1.165, 1.54) is 41.6 Å². The number of hydrogen-bond acceptors (Lipinski definition) is 2. The van der Waals surface area contributed by atoms with Crippen LogP contribution in [0.2, 0.25) is 0 Å². The SMILES string of the molecule is CC1NCCc2cccc(c2)CCCCNc2cccc1c2. The Bertz CT molecular complexity index is 606. The van der Waals surface area contributed by atoms with Gasteiger partial charge in [0.15, 0.2) is 0 Å². The lowest BCUT2D eigenvalue weighted by Crippen LogP contribution is -2.21. The maximum absolute atomic E-state index is 3.64. The Hall–Kier alpha value is -1.80. The molecule has 2 heteroatoms. The summed E-state index contributed by atoms with van der Waals surface area (Å²) in [5.74, 6) is 0. The zero-order valence-electron chi connectivity index (χ0n) is 13.4. The van der Waals surface area contributed by atoms with Gasteiger partial charge in [-0.15, -0.1) is 0 Å². The van der Waals surface area contributed by atoms with Gasteiger partial charge in [0.05, 0.1) is 0 Å². The van der Waals surface area contributed by atoms with E-state index >= 15 is 0 Å². The molecule has 0 radical (unpaired) electrons. The maximum atomic E-state index is 3.64. The average Bonchev–Trinajstić information content (AvgIpc) is 2.55. The highest BCUT2D eigenvalue weighted by Crippen LogP contribution is 2.18. The van der Waals surface area contributed by atoms with E-state index in [2.05, 4.69) is 66.1 Å². The first-order valence-electron chi connectivity index (χ1n) is 8.46. The molecule has 1 unspecified atom stereocenters. The molecular formula is C20H26N2. The summed E-state index contributed by atoms with van der Waals surface area (Å²) < 4.78 is 0. The van der Waals surface area contributed by atoms with Crippen LogP contribution in [0, 0.1) is 0 Å². The van der Waals surface area contributed by atoms with Crippen molar-refractivity contribution in [3.63, 3.8) is 0 Å². The molecule has 0 aliphatic carbocycles. The summed E-state index contributed by atoms with van der Waals surface area (Å²) in [6, 6.07) is 18.3. The van der Waals surface area contributed by atoms with E-state index in [0.29, 0.717) is 6.04 Å². The summed E-state index contributed by atoms with van der Waals surface area (Å²) in [5, 5.41) is 7.20. The van der Waals surface area contributed by atoms with Crippen molar-refractivity contribution in [2.75, 3.05) is 18.4 Å². The van der Waals surface area contributed by atoms with Gasteiger partial charge in [0.2, 0.25) is 0 Å². The van der Waals surface area contributed by atoms with Crippen LogP contribution in [0.15, 0.2) is 48.5 Å². The molecule has 2 aromatic rings. The van der Waals surface area contributed by atoms with Crippen molar-refractivity contribution in [3.05, 3.63) is 65.2 Å². The summed E-state index contributed by atoms with van der Waals surface area (Å²) >= 11 is 0. The molecule has 0 amide bonds. The fourth-order valence-electron chi connectivity index (χ4n) is 3.10. The monoisotopic (exact) mass is 294 g/mol. The first-order chi connectivity index (χ1) is 10.8. The quantitative estimate of drug-likeness (QED) is 0.756. The Morgan fingerprint density at radius 2 is 1.68 bits per heavy atom. The first kappa shape index (κ1) is 15.1. The van der Waals surface area contributed by atoms with Gasteiger partial charge in [0.25, 0.3) is 0 Å². The largest absolute Gasteiger partial charge is 0.385 e. The Balaban J connectivity index is 1.75. The van der Waals surface area contributed by atoms with Gasteiger partial charge in [0, 0.05) is 18.3 Å². The molecule has 0 spiro atoms. The second-order valence-corrected chi connectivity index (χ2v) is 6.26. The molecule has 0 aromatic heterocycles. The molecule has 1 heterocycles. The van der Waals surface area contributed by atoms with Gasteiger partial charge in [-0.2, -0.15) is 0 Å². The zero-order chi connectivity index (χ0) is 15.2. The van der Waals surface area contributed by atoms with Gasteiger partial charge in [0.1, 0.15) is 0 Å². The lowest BCUT2D eigenvalue weighted by Gasteiger charge is -2.16. The van der Waals surface area contributed by atoms with Crippen LogP contribution in [0.1, 0.15) is 42.5 Å². The number of aryl methyl sites for hydroxylation is 1. The molecule has 2 N–H and O–H groups in total. The average molecular weight is 294 g/mol. The van der Waals surface area contributed by atoms with Gasteiger partial charge < -0.3 is 10.6 Å². The van der Waals surface area contributed by atoms with E-state index in [9.17, 15) is 0 Å². The van der Waals surface area contributed by atoms with E-state index in [0.717, 1.165) is 19.5 Å². The van der Waals surface area contributed by atoms with E-state index < -0.39 is 0 Å². The molecule has 0 saturated heterocycles. The van der Waals surface area contributed by atoms with Crippen molar-refractivity contribution in [2.24, 2.45) is 0 Å². The molecule has 1 aliphatic rings. The fourth-order valence-corrected chi connectivity index (χ4v) is 3.10. The molecule has 22 heavy (non-hydrogen) atoms. The van der Waals surface area contributed by atoms with Crippen LogP contribution in [0.4, 0.5) is 5.69 Å². The summed E-state index contributed by atoms with van der Waals surface area (Å²) in [7, 11) is 0. The number of anilines is 1. The third kappa shape index (κ3) is 4.11. The maximum Gasteiger partial charge on any atom is 0.0343 e. The summed E-state index contributed by atoms with van der Waals surface area (Å²) in [5.41, 5.74) is 5.51. The van der Waals surface area contributed by atoms with Gasteiger partial charge >= 0.3 is 0 Å². The van der Waals surface area contributed by atoms with Crippen molar-refractivity contribution >= 4 is 5.69 Å². The minimum atomic E-state index is 0.384. The predicted molar refractivity (Wildman–Crippen MR) is 94.4 cm³/mol. The molecular weight excluding hydrogens is 268 g/mol. The van der Waals surface area contributed by atoms with Crippen LogP contribution in [0.3, 0.4) is 0 Å². The lowest BCUT2D eigenvalue weighted by molar-refractivity contribution is 0.577. The Kier molecular flexibility index (Phi) is 5.12. The molecule has 4 bridgehead atoms. The van der Waals surface area contributed by atoms with Crippen molar-refractivity contribution in [1.82, 2.24) is 5.32 Å². The summed E-state index contributed by atoms with van der Waals surface area (Å²) in [6.07, 6.45) is 4.72. The number of hydrogen-bond donors (Lipinski definition) is 2. The normalized spacial score (nSPS) is 19.6. The van der Waals surface area contributed by atoms with Crippen molar-refractivity contribution in [3.8, 4) is 0 Å². The number of fused-ring (bicyclic) bond motifs is 4. The number of rotatable bonds is 0. The van der Waals surface area contributed by atoms with Gasteiger partial charge in [-0.05, 0) is 68.0 Å². The van der Waals surface area contributed by atoms with Crippen LogP contribution in [-0.4, -0.2) is 13.1 Å². The predicted octanol–water partition coefficient (Wildman–Crippen LogP) is 4.33. The Labute approximate surface area is 134 Å². The van der Waals surface area contributed by atoms with Crippen molar-refractivity contribution in [1.29, 1.82) is 0 Å². The van der Waals surface area contributed by atoms with E-state index in [1.807, 2.05) is 0 Å². The van der Waals surface area contributed by atoms with Crippen LogP contribution in [-0.2, 0) is 12.8 Å². The van der Waals surface area contributed by atoms with Gasteiger partial charge in [-0.25, -0.2) is 0 Å². The van der Waals surface area contributed by atoms with Crippen LogP contribution in [0.5, 0.6) is 0 Å². The second-order valence-electron chi connectivity index (χ2n) is 6.26. The standard InChI is InChI=1S/C20H26N2/c1-16-19-9-5-10-20(15-19)22-12-3-2-6-17-7-4-8-18(14-17)11-13-21-16/h4-5,7-10,14-16,21-22H,2-3,6,11-13H2,1H3. The Morgan fingerprint density at radius 3 is 2.59 bits per heavy atom. The smallest absolute Gasteiger partial charge is 0.0343 e. The highest BCUT2D eigenvalue weighted by atomic mass is 14.9.